The number of rotatable bonds is 5. The van der Waals surface area contributed by atoms with Crippen molar-refractivity contribution in [2.24, 2.45) is 0 Å². The maximum absolute atomic E-state index is 12.9. The largest absolute Gasteiger partial charge is 0.322 e. The highest BCUT2D eigenvalue weighted by Gasteiger charge is 2.38. The zero-order valence-corrected chi connectivity index (χ0v) is 19.3. The molecule has 1 aromatic heterocycles. The summed E-state index contributed by atoms with van der Waals surface area (Å²) in [7, 11) is 0. The lowest BCUT2D eigenvalue weighted by Crippen LogP contribution is -2.50. The molecule has 2 fully saturated rings. The molecule has 5 rings (SSSR count). The number of hydrogen-bond donors (Lipinski definition) is 1. The van der Waals surface area contributed by atoms with E-state index in [0.717, 1.165) is 40.0 Å². The molecule has 0 bridgehead atoms. The monoisotopic (exact) mass is 433 g/mol. The predicted octanol–water partition coefficient (Wildman–Crippen LogP) is 6.23. The molecule has 1 amide bonds. The van der Waals surface area contributed by atoms with Crippen LogP contribution in [0.2, 0.25) is 0 Å². The fourth-order valence-electron chi connectivity index (χ4n) is 5.13. The van der Waals surface area contributed by atoms with Crippen LogP contribution in [-0.2, 0) is 6.42 Å². The Morgan fingerprint density at radius 1 is 1.19 bits per heavy atom. The van der Waals surface area contributed by atoms with Crippen LogP contribution in [0.4, 0.5) is 5.69 Å². The van der Waals surface area contributed by atoms with E-state index in [1.165, 1.54) is 43.7 Å². The van der Waals surface area contributed by atoms with Crippen LogP contribution in [0.25, 0.3) is 10.2 Å². The first kappa shape index (κ1) is 20.7. The summed E-state index contributed by atoms with van der Waals surface area (Å²) in [6.07, 6.45) is 7.42. The van der Waals surface area contributed by atoms with Gasteiger partial charge in [0.1, 0.15) is 0 Å². The van der Waals surface area contributed by atoms with Crippen molar-refractivity contribution in [1.29, 1.82) is 0 Å². The highest BCUT2D eigenvalue weighted by molar-refractivity contribution is 7.18. The lowest BCUT2D eigenvalue weighted by atomic mass is 9.78. The maximum atomic E-state index is 12.9. The van der Waals surface area contributed by atoms with Gasteiger partial charge in [0.15, 0.2) is 0 Å². The number of likely N-dealkylation sites (tertiary alicyclic amines) is 1. The van der Waals surface area contributed by atoms with Gasteiger partial charge < -0.3 is 5.32 Å². The molecule has 1 saturated carbocycles. The molecular formula is C26H31N3OS. The van der Waals surface area contributed by atoms with Crippen LogP contribution in [0.5, 0.6) is 0 Å². The predicted molar refractivity (Wildman–Crippen MR) is 129 cm³/mol. The van der Waals surface area contributed by atoms with Crippen molar-refractivity contribution in [3.05, 3.63) is 58.6 Å². The second kappa shape index (κ2) is 8.71. The molecule has 3 aromatic rings. The molecule has 0 spiro atoms. The van der Waals surface area contributed by atoms with Crippen molar-refractivity contribution < 1.29 is 4.79 Å². The minimum atomic E-state index is -0.0551. The fourth-order valence-corrected chi connectivity index (χ4v) is 6.26. The molecule has 1 saturated heterocycles. The van der Waals surface area contributed by atoms with E-state index in [0.29, 0.717) is 11.5 Å². The van der Waals surface area contributed by atoms with Crippen molar-refractivity contribution in [3.8, 4) is 0 Å². The van der Waals surface area contributed by atoms with Crippen LogP contribution in [0.15, 0.2) is 42.5 Å². The zero-order valence-electron chi connectivity index (χ0n) is 18.4. The minimum absolute atomic E-state index is 0.0551. The quantitative estimate of drug-likeness (QED) is 0.519. The molecule has 1 atom stereocenters. The van der Waals surface area contributed by atoms with Crippen molar-refractivity contribution in [2.45, 2.75) is 70.4 Å². The SMILES string of the molecule is CCc1ccccc1NC(=O)c1ccc2nc(C3CC(N4CCCC[C@@H]4C)C3)sc2c1. The first-order valence-electron chi connectivity index (χ1n) is 11.7. The second-order valence-electron chi connectivity index (χ2n) is 9.10. The van der Waals surface area contributed by atoms with E-state index in [9.17, 15) is 4.79 Å². The Hall–Kier alpha value is -2.24. The Labute approximate surface area is 188 Å². The van der Waals surface area contributed by atoms with Gasteiger partial charge >= 0.3 is 0 Å². The van der Waals surface area contributed by atoms with Gasteiger partial charge in [-0.1, -0.05) is 31.5 Å². The summed E-state index contributed by atoms with van der Waals surface area (Å²) in [6.45, 7) is 5.75. The normalized spacial score (nSPS) is 24.1. The van der Waals surface area contributed by atoms with Crippen LogP contribution in [-0.4, -0.2) is 34.4 Å². The average molecular weight is 434 g/mol. The third-order valence-corrected chi connectivity index (χ3v) is 8.28. The number of nitrogens with one attached hydrogen (secondary N) is 1. The number of aryl methyl sites for hydroxylation is 1. The van der Waals surface area contributed by atoms with Gasteiger partial charge in [0, 0.05) is 29.3 Å². The smallest absolute Gasteiger partial charge is 0.255 e. The summed E-state index contributed by atoms with van der Waals surface area (Å²) < 4.78 is 1.11. The van der Waals surface area contributed by atoms with Gasteiger partial charge in [0.2, 0.25) is 0 Å². The lowest BCUT2D eigenvalue weighted by molar-refractivity contribution is 0.0480. The molecule has 2 heterocycles. The molecule has 4 nitrogen and oxygen atoms in total. The van der Waals surface area contributed by atoms with Crippen LogP contribution in [0.1, 0.15) is 72.8 Å². The molecule has 0 unspecified atom stereocenters. The van der Waals surface area contributed by atoms with Gasteiger partial charge in [-0.3, -0.25) is 9.69 Å². The van der Waals surface area contributed by atoms with E-state index in [4.69, 9.17) is 4.98 Å². The first-order valence-corrected chi connectivity index (χ1v) is 12.5. The highest BCUT2D eigenvalue weighted by Crippen LogP contribution is 2.44. The van der Waals surface area contributed by atoms with Gasteiger partial charge in [0.25, 0.3) is 5.91 Å². The summed E-state index contributed by atoms with van der Waals surface area (Å²) in [5, 5.41) is 4.32. The van der Waals surface area contributed by atoms with Gasteiger partial charge in [-0.2, -0.15) is 0 Å². The molecule has 0 radical (unpaired) electrons. The van der Waals surface area contributed by atoms with Crippen molar-refractivity contribution in [2.75, 3.05) is 11.9 Å². The summed E-state index contributed by atoms with van der Waals surface area (Å²) in [4.78, 5) is 20.5. The molecular weight excluding hydrogens is 402 g/mol. The number of fused-ring (bicyclic) bond motifs is 1. The molecule has 5 heteroatoms. The highest BCUT2D eigenvalue weighted by atomic mass is 32.1. The first-order chi connectivity index (χ1) is 15.1. The number of carbonyl (C=O) groups excluding carboxylic acids is 1. The van der Waals surface area contributed by atoms with Crippen LogP contribution in [0, 0.1) is 0 Å². The number of aromatic nitrogens is 1. The van der Waals surface area contributed by atoms with E-state index in [2.05, 4.69) is 30.1 Å². The number of anilines is 1. The molecule has 1 N–H and O–H groups in total. The third kappa shape index (κ3) is 4.13. The Bertz CT molecular complexity index is 1090. The average Bonchev–Trinajstić information content (AvgIpc) is 3.17. The van der Waals surface area contributed by atoms with Crippen LogP contribution < -0.4 is 5.32 Å². The van der Waals surface area contributed by atoms with Gasteiger partial charge in [-0.15, -0.1) is 11.3 Å². The second-order valence-corrected chi connectivity index (χ2v) is 10.2. The molecule has 2 aliphatic rings. The van der Waals surface area contributed by atoms with E-state index >= 15 is 0 Å². The fraction of sp³-hybridized carbons (Fsp3) is 0.462. The Morgan fingerprint density at radius 3 is 2.84 bits per heavy atom. The van der Waals surface area contributed by atoms with Gasteiger partial charge in [0.05, 0.1) is 15.2 Å². The number of hydrogen-bond acceptors (Lipinski definition) is 4. The third-order valence-electron chi connectivity index (χ3n) is 7.10. The number of thiazole rings is 1. The van der Waals surface area contributed by atoms with Crippen molar-refractivity contribution >= 4 is 33.1 Å². The summed E-state index contributed by atoms with van der Waals surface area (Å²) in [6, 6.07) is 15.4. The van der Waals surface area contributed by atoms with Gasteiger partial charge in [-0.05, 0) is 75.4 Å². The Morgan fingerprint density at radius 2 is 2.03 bits per heavy atom. The molecule has 31 heavy (non-hydrogen) atoms. The summed E-state index contributed by atoms with van der Waals surface area (Å²) >= 11 is 1.77. The standard InChI is InChI=1S/C26H31N3OS/c1-3-18-9-4-5-10-22(18)27-25(30)19-11-12-23-24(16-19)31-26(28-23)20-14-21(15-20)29-13-7-6-8-17(29)2/h4-5,9-12,16-17,20-21H,3,6-8,13-15H2,1-2H3,(H,27,30)/t17-,20?,21?/m0/s1. The Balaban J connectivity index is 1.28. The molecule has 1 aliphatic heterocycles. The van der Waals surface area contributed by atoms with E-state index in [1.54, 1.807) is 11.3 Å². The van der Waals surface area contributed by atoms with E-state index < -0.39 is 0 Å². The van der Waals surface area contributed by atoms with Crippen molar-refractivity contribution in [3.63, 3.8) is 0 Å². The van der Waals surface area contributed by atoms with Crippen LogP contribution >= 0.6 is 11.3 Å². The lowest BCUT2D eigenvalue weighted by Gasteiger charge is -2.47. The molecule has 162 valence electrons. The Kier molecular flexibility index (Phi) is 5.81. The number of carbonyl (C=O) groups is 1. The summed E-state index contributed by atoms with van der Waals surface area (Å²) in [5.74, 6) is 0.519. The number of benzene rings is 2. The number of nitrogens with zero attached hydrogens (tertiary/aromatic N) is 2. The van der Waals surface area contributed by atoms with Gasteiger partial charge in [-0.25, -0.2) is 4.98 Å². The number of amides is 1. The van der Waals surface area contributed by atoms with Crippen molar-refractivity contribution in [1.82, 2.24) is 9.88 Å². The minimum Gasteiger partial charge on any atom is -0.322 e. The zero-order chi connectivity index (χ0) is 21.4. The summed E-state index contributed by atoms with van der Waals surface area (Å²) in [5.41, 5.74) is 3.76. The van der Waals surface area contributed by atoms with E-state index in [1.807, 2.05) is 36.4 Å². The number of piperidine rings is 1. The molecule has 1 aliphatic carbocycles. The molecule has 2 aromatic carbocycles. The topological polar surface area (TPSA) is 45.2 Å². The maximum Gasteiger partial charge on any atom is 0.255 e. The number of para-hydroxylation sites is 1. The van der Waals surface area contributed by atoms with E-state index in [-0.39, 0.29) is 5.91 Å². The van der Waals surface area contributed by atoms with Crippen LogP contribution in [0.3, 0.4) is 0 Å².